The predicted octanol–water partition coefficient (Wildman–Crippen LogP) is 6.29. The summed E-state index contributed by atoms with van der Waals surface area (Å²) >= 11 is 0. The maximum absolute atomic E-state index is 5.55. The molecule has 1 heterocycles. The first kappa shape index (κ1) is 26.8. The zero-order valence-electron chi connectivity index (χ0n) is 20.2. The number of anilines is 1. The molecule has 5 nitrogen and oxygen atoms in total. The van der Waals surface area contributed by atoms with Crippen molar-refractivity contribution < 1.29 is 4.74 Å². The predicted molar refractivity (Wildman–Crippen MR) is 141 cm³/mol. The fourth-order valence-corrected chi connectivity index (χ4v) is 2.93. The third kappa shape index (κ3) is 11.3. The molecule has 32 heavy (non-hydrogen) atoms. The van der Waals surface area contributed by atoms with Gasteiger partial charge < -0.3 is 9.64 Å². The SMILES string of the molecule is C=C/C(=C\C=C\OCCN=C/C(C)=C\C(C)C)c1ncccc1N(C)CC/C=C\N=CC. The summed E-state index contributed by atoms with van der Waals surface area (Å²) in [7, 11) is 2.07. The molecule has 0 amide bonds. The van der Waals surface area contributed by atoms with E-state index in [1.807, 2.05) is 43.6 Å². The van der Waals surface area contributed by atoms with Gasteiger partial charge in [0.05, 0.1) is 24.2 Å². The first-order valence-electron chi connectivity index (χ1n) is 11.1. The van der Waals surface area contributed by atoms with E-state index >= 15 is 0 Å². The Labute approximate surface area is 194 Å². The lowest BCUT2D eigenvalue weighted by atomic mass is 10.1. The first-order chi connectivity index (χ1) is 15.5. The van der Waals surface area contributed by atoms with Crippen LogP contribution in [-0.4, -0.2) is 44.2 Å². The minimum absolute atomic E-state index is 0.531. The Morgan fingerprint density at radius 3 is 2.88 bits per heavy atom. The molecule has 0 aliphatic rings. The van der Waals surface area contributed by atoms with Crippen LogP contribution in [0, 0.1) is 5.92 Å². The Bertz CT molecular complexity index is 860. The number of rotatable bonds is 14. The van der Waals surface area contributed by atoms with Gasteiger partial charge in [0, 0.05) is 44.0 Å². The molecule has 1 rings (SSSR count). The van der Waals surface area contributed by atoms with Crippen LogP contribution in [0.15, 0.2) is 83.3 Å². The van der Waals surface area contributed by atoms with Crippen molar-refractivity contribution in [1.82, 2.24) is 4.98 Å². The summed E-state index contributed by atoms with van der Waals surface area (Å²) in [5, 5.41) is 0. The highest BCUT2D eigenvalue weighted by atomic mass is 16.5. The minimum Gasteiger partial charge on any atom is -0.499 e. The van der Waals surface area contributed by atoms with Gasteiger partial charge in [0.2, 0.25) is 0 Å². The van der Waals surface area contributed by atoms with Crippen molar-refractivity contribution in [3.05, 3.63) is 79.0 Å². The molecule has 0 spiro atoms. The molecule has 172 valence electrons. The zero-order chi connectivity index (χ0) is 23.6. The molecule has 0 unspecified atom stereocenters. The van der Waals surface area contributed by atoms with E-state index in [2.05, 4.69) is 72.5 Å². The van der Waals surface area contributed by atoms with Crippen LogP contribution in [-0.2, 0) is 4.74 Å². The summed E-state index contributed by atoms with van der Waals surface area (Å²) in [4.78, 5) is 15.2. The lowest BCUT2D eigenvalue weighted by Crippen LogP contribution is -2.19. The topological polar surface area (TPSA) is 50.1 Å². The van der Waals surface area contributed by atoms with Gasteiger partial charge in [0.25, 0.3) is 0 Å². The molecule has 0 atom stereocenters. The van der Waals surface area contributed by atoms with E-state index in [0.717, 1.165) is 29.9 Å². The van der Waals surface area contributed by atoms with Crippen LogP contribution in [0.4, 0.5) is 5.69 Å². The van der Waals surface area contributed by atoms with Gasteiger partial charge in [-0.2, -0.15) is 0 Å². The van der Waals surface area contributed by atoms with E-state index in [1.54, 1.807) is 18.7 Å². The Morgan fingerprint density at radius 1 is 1.34 bits per heavy atom. The van der Waals surface area contributed by atoms with Gasteiger partial charge in [-0.05, 0) is 56.0 Å². The third-order valence-electron chi connectivity index (χ3n) is 4.34. The van der Waals surface area contributed by atoms with Crippen LogP contribution in [0.3, 0.4) is 0 Å². The molecule has 0 N–H and O–H groups in total. The average Bonchev–Trinajstić information content (AvgIpc) is 2.77. The molecule has 0 aliphatic carbocycles. The summed E-state index contributed by atoms with van der Waals surface area (Å²) in [5.74, 6) is 0.531. The van der Waals surface area contributed by atoms with E-state index in [0.29, 0.717) is 19.1 Å². The van der Waals surface area contributed by atoms with Gasteiger partial charge in [-0.3, -0.25) is 15.0 Å². The number of hydrogen-bond donors (Lipinski definition) is 0. The molecular formula is C27H38N4O. The van der Waals surface area contributed by atoms with Crippen LogP contribution in [0.1, 0.15) is 39.8 Å². The van der Waals surface area contributed by atoms with Crippen molar-refractivity contribution in [2.75, 3.05) is 31.6 Å². The fraction of sp³-hybridized carbons (Fsp3) is 0.370. The highest BCUT2D eigenvalue weighted by Crippen LogP contribution is 2.25. The molecule has 0 fully saturated rings. The molecule has 0 radical (unpaired) electrons. The van der Waals surface area contributed by atoms with Gasteiger partial charge >= 0.3 is 0 Å². The Morgan fingerprint density at radius 2 is 2.16 bits per heavy atom. The molecule has 0 aromatic carbocycles. The van der Waals surface area contributed by atoms with Crippen molar-refractivity contribution in [2.45, 2.75) is 34.1 Å². The molecule has 1 aromatic rings. The monoisotopic (exact) mass is 434 g/mol. The molecule has 0 saturated heterocycles. The van der Waals surface area contributed by atoms with E-state index in [-0.39, 0.29) is 0 Å². The van der Waals surface area contributed by atoms with Crippen molar-refractivity contribution in [1.29, 1.82) is 0 Å². The van der Waals surface area contributed by atoms with Gasteiger partial charge in [-0.25, -0.2) is 0 Å². The van der Waals surface area contributed by atoms with E-state index in [1.165, 1.54) is 5.57 Å². The summed E-state index contributed by atoms with van der Waals surface area (Å²) in [5.41, 5.74) is 4.06. The lowest BCUT2D eigenvalue weighted by molar-refractivity contribution is 0.260. The lowest BCUT2D eigenvalue weighted by Gasteiger charge is -2.21. The van der Waals surface area contributed by atoms with Crippen molar-refractivity contribution in [3.8, 4) is 0 Å². The molecule has 0 aliphatic heterocycles. The smallest absolute Gasteiger partial charge is 0.107 e. The Balaban J connectivity index is 2.67. The summed E-state index contributed by atoms with van der Waals surface area (Å²) < 4.78 is 5.55. The van der Waals surface area contributed by atoms with Crippen molar-refractivity contribution in [2.24, 2.45) is 15.9 Å². The Hall–Kier alpha value is -3.21. The highest BCUT2D eigenvalue weighted by molar-refractivity contribution is 5.80. The van der Waals surface area contributed by atoms with E-state index in [4.69, 9.17) is 4.74 Å². The average molecular weight is 435 g/mol. The summed E-state index contributed by atoms with van der Waals surface area (Å²) in [6.45, 7) is 14.3. The second kappa shape index (κ2) is 16.5. The number of nitrogens with zero attached hydrogens (tertiary/aromatic N) is 4. The standard InChI is InChI=1S/C27H38N4O/c1-7-25(13-12-19-32-20-17-29-22-24(5)21-23(3)4)27-26(14-11-16-30-27)31(6)18-10-9-15-28-8-2/h7-9,11-16,19,21-23H,1,10,17-18,20H2,2-6H3/b15-9-,19-12+,24-21-,25-13+,28-8?,29-22?. The van der Waals surface area contributed by atoms with Crippen LogP contribution < -0.4 is 4.90 Å². The normalized spacial score (nSPS) is 13.3. The van der Waals surface area contributed by atoms with E-state index in [9.17, 15) is 0 Å². The number of pyridine rings is 1. The molecule has 5 heteroatoms. The van der Waals surface area contributed by atoms with Gasteiger partial charge in [-0.15, -0.1) is 0 Å². The first-order valence-corrected chi connectivity index (χ1v) is 11.1. The zero-order valence-corrected chi connectivity index (χ0v) is 20.2. The largest absolute Gasteiger partial charge is 0.499 e. The van der Waals surface area contributed by atoms with Crippen LogP contribution in [0.2, 0.25) is 0 Å². The number of aliphatic imine (C=N–C) groups is 2. The van der Waals surface area contributed by atoms with Gasteiger partial charge in [-0.1, -0.05) is 38.7 Å². The van der Waals surface area contributed by atoms with Gasteiger partial charge in [0.1, 0.15) is 6.61 Å². The Kier molecular flexibility index (Phi) is 13.8. The van der Waals surface area contributed by atoms with Crippen LogP contribution in [0.5, 0.6) is 0 Å². The maximum Gasteiger partial charge on any atom is 0.107 e. The maximum atomic E-state index is 5.55. The number of ether oxygens (including phenoxy) is 1. The van der Waals surface area contributed by atoms with E-state index < -0.39 is 0 Å². The molecule has 0 saturated carbocycles. The molecular weight excluding hydrogens is 396 g/mol. The third-order valence-corrected chi connectivity index (χ3v) is 4.34. The number of aromatic nitrogens is 1. The number of hydrogen-bond acceptors (Lipinski definition) is 5. The summed E-state index contributed by atoms with van der Waals surface area (Å²) in [6, 6.07) is 4.02. The second-order valence-corrected chi connectivity index (χ2v) is 7.59. The van der Waals surface area contributed by atoms with Crippen molar-refractivity contribution in [3.63, 3.8) is 0 Å². The van der Waals surface area contributed by atoms with Gasteiger partial charge in [0.15, 0.2) is 0 Å². The van der Waals surface area contributed by atoms with Crippen molar-refractivity contribution >= 4 is 23.7 Å². The molecule has 1 aromatic heterocycles. The van der Waals surface area contributed by atoms with Crippen LogP contribution in [0.25, 0.3) is 5.57 Å². The number of allylic oxidation sites excluding steroid dienone is 6. The fourth-order valence-electron chi connectivity index (χ4n) is 2.93. The molecule has 0 bridgehead atoms. The van der Waals surface area contributed by atoms with Crippen LogP contribution >= 0.6 is 0 Å². The minimum atomic E-state index is 0.531. The summed E-state index contributed by atoms with van der Waals surface area (Å²) in [6.07, 6.45) is 19.8. The second-order valence-electron chi connectivity index (χ2n) is 7.59. The highest BCUT2D eigenvalue weighted by Gasteiger charge is 2.09. The quantitative estimate of drug-likeness (QED) is 0.150.